The van der Waals surface area contributed by atoms with E-state index in [1.807, 2.05) is 0 Å². The van der Waals surface area contributed by atoms with E-state index in [0.717, 1.165) is 6.20 Å². The zero-order chi connectivity index (χ0) is 10.7. The maximum atomic E-state index is 13.1. The number of hydrogen-bond donors (Lipinski definition) is 1. The number of nitrogens with two attached hydrogens (primary N) is 1. The van der Waals surface area contributed by atoms with Crippen LogP contribution in [0.5, 0.6) is 0 Å². The molecule has 0 amide bonds. The molecule has 0 saturated heterocycles. The Hall–Kier alpha value is -1.43. The minimum atomic E-state index is -1.22. The Morgan fingerprint density at radius 1 is 1.60 bits per heavy atom. The Kier molecular flexibility index (Phi) is 4.93. The summed E-state index contributed by atoms with van der Waals surface area (Å²) in [5, 5.41) is 0. The highest BCUT2D eigenvalue weighted by Crippen LogP contribution is 2.08. The van der Waals surface area contributed by atoms with Crippen molar-refractivity contribution >= 4 is 18.4 Å². The van der Waals surface area contributed by atoms with Crippen LogP contribution in [-0.4, -0.2) is 13.1 Å². The van der Waals surface area contributed by atoms with Crippen molar-refractivity contribution in [3.05, 3.63) is 29.6 Å². The Balaban J connectivity index is 0.00000196. The molecular formula is C8H10ClF2N2O2+. The summed E-state index contributed by atoms with van der Waals surface area (Å²) in [6.45, 7) is 0. The second kappa shape index (κ2) is 5.45. The summed E-state index contributed by atoms with van der Waals surface area (Å²) in [5.41, 5.74) is -0.0870. The SMILES string of the molecule is COC(=O)Cc1cc[n+](N)c(F)c1F.Cl. The van der Waals surface area contributed by atoms with Crippen molar-refractivity contribution in [3.8, 4) is 0 Å². The lowest BCUT2D eigenvalue weighted by Gasteiger charge is -2.00. The molecule has 2 N–H and O–H groups in total. The van der Waals surface area contributed by atoms with Gasteiger partial charge >= 0.3 is 11.9 Å². The Morgan fingerprint density at radius 3 is 2.73 bits per heavy atom. The smallest absolute Gasteiger partial charge is 0.424 e. The number of nitrogen functional groups attached to an aromatic ring is 1. The van der Waals surface area contributed by atoms with Gasteiger partial charge in [0.2, 0.25) is 12.0 Å². The highest BCUT2D eigenvalue weighted by Gasteiger charge is 2.20. The predicted octanol–water partition coefficient (Wildman–Crippen LogP) is 0.103. The van der Waals surface area contributed by atoms with Gasteiger partial charge in [-0.2, -0.15) is 4.39 Å². The standard InChI is InChI=1S/C8H9F2N2O2.ClH/c1-14-6(13)4-5-2-3-12(11)8(10)7(5)9;/h2-3H,4,11H2,1H3;1H/q+1;. The van der Waals surface area contributed by atoms with Crippen LogP contribution in [0, 0.1) is 11.8 Å². The van der Waals surface area contributed by atoms with Gasteiger partial charge in [0.15, 0.2) is 0 Å². The zero-order valence-corrected chi connectivity index (χ0v) is 8.68. The number of pyridine rings is 1. The van der Waals surface area contributed by atoms with Crippen LogP contribution in [0.1, 0.15) is 5.56 Å². The quantitative estimate of drug-likeness (QED) is 0.345. The van der Waals surface area contributed by atoms with Gasteiger partial charge in [0.25, 0.3) is 0 Å². The van der Waals surface area contributed by atoms with Crippen LogP contribution in [0.25, 0.3) is 0 Å². The summed E-state index contributed by atoms with van der Waals surface area (Å²) in [6, 6.07) is 1.22. The molecule has 0 bridgehead atoms. The summed E-state index contributed by atoms with van der Waals surface area (Å²) >= 11 is 0. The molecule has 4 nitrogen and oxygen atoms in total. The number of carbonyl (C=O) groups excluding carboxylic acids is 1. The molecule has 15 heavy (non-hydrogen) atoms. The van der Waals surface area contributed by atoms with E-state index in [1.54, 1.807) is 0 Å². The van der Waals surface area contributed by atoms with E-state index in [0.29, 0.717) is 4.68 Å². The number of hydrogen-bond acceptors (Lipinski definition) is 3. The lowest BCUT2D eigenvalue weighted by Crippen LogP contribution is -2.48. The van der Waals surface area contributed by atoms with Gasteiger partial charge in [-0.15, -0.1) is 16.8 Å². The molecule has 0 aromatic carbocycles. The number of aromatic nitrogens is 1. The monoisotopic (exact) mass is 239 g/mol. The third-order valence-electron chi connectivity index (χ3n) is 1.69. The molecule has 0 spiro atoms. The minimum absolute atomic E-state index is 0. The third-order valence-corrected chi connectivity index (χ3v) is 1.69. The largest absolute Gasteiger partial charge is 0.469 e. The normalized spacial score (nSPS) is 9.27. The fourth-order valence-electron chi connectivity index (χ4n) is 0.919. The molecule has 1 heterocycles. The van der Waals surface area contributed by atoms with Gasteiger partial charge in [-0.3, -0.25) is 4.79 Å². The second-order valence-electron chi connectivity index (χ2n) is 2.61. The average molecular weight is 240 g/mol. The van der Waals surface area contributed by atoms with Gasteiger partial charge in [0, 0.05) is 11.6 Å². The Morgan fingerprint density at radius 2 is 2.20 bits per heavy atom. The molecule has 0 saturated carbocycles. The van der Waals surface area contributed by atoms with Crippen molar-refractivity contribution in [1.29, 1.82) is 0 Å². The molecule has 0 fully saturated rings. The Labute approximate surface area is 91.0 Å². The van der Waals surface area contributed by atoms with Crippen molar-refractivity contribution < 1.29 is 23.0 Å². The van der Waals surface area contributed by atoms with Gasteiger partial charge in [0.1, 0.15) is 0 Å². The molecule has 1 aromatic heterocycles. The first-order valence-electron chi connectivity index (χ1n) is 3.76. The van der Waals surface area contributed by atoms with Gasteiger partial charge < -0.3 is 4.74 Å². The van der Waals surface area contributed by atoms with Gasteiger partial charge in [-0.25, -0.2) is 5.84 Å². The van der Waals surface area contributed by atoms with Crippen LogP contribution in [0.15, 0.2) is 12.3 Å². The van der Waals surface area contributed by atoms with E-state index in [-0.39, 0.29) is 24.4 Å². The highest BCUT2D eigenvalue weighted by atomic mass is 35.5. The van der Waals surface area contributed by atoms with E-state index in [4.69, 9.17) is 5.84 Å². The summed E-state index contributed by atoms with van der Waals surface area (Å²) in [7, 11) is 1.17. The average Bonchev–Trinajstić information content (AvgIpc) is 2.19. The number of esters is 1. The van der Waals surface area contributed by atoms with Gasteiger partial charge in [-0.1, -0.05) is 4.68 Å². The number of nitrogens with zero attached hydrogens (tertiary/aromatic N) is 1. The minimum Gasteiger partial charge on any atom is -0.469 e. The summed E-state index contributed by atoms with van der Waals surface area (Å²) in [6.07, 6.45) is 0.802. The van der Waals surface area contributed by atoms with Crippen molar-refractivity contribution in [2.45, 2.75) is 6.42 Å². The molecule has 0 radical (unpaired) electrons. The molecular weight excluding hydrogens is 230 g/mol. The van der Waals surface area contributed by atoms with Crippen LogP contribution < -0.4 is 10.5 Å². The predicted molar refractivity (Wildman–Crippen MR) is 49.7 cm³/mol. The molecule has 84 valence electrons. The number of halogens is 3. The second-order valence-corrected chi connectivity index (χ2v) is 2.61. The van der Waals surface area contributed by atoms with Crippen LogP contribution >= 0.6 is 12.4 Å². The number of rotatable bonds is 2. The fraction of sp³-hybridized carbons (Fsp3) is 0.250. The molecule has 1 aromatic rings. The van der Waals surface area contributed by atoms with Gasteiger partial charge in [0.05, 0.1) is 13.5 Å². The molecule has 0 aliphatic carbocycles. The van der Waals surface area contributed by atoms with E-state index in [1.165, 1.54) is 13.2 Å². The van der Waals surface area contributed by atoms with E-state index in [9.17, 15) is 13.6 Å². The van der Waals surface area contributed by atoms with Crippen LogP contribution in [0.3, 0.4) is 0 Å². The topological polar surface area (TPSA) is 56.2 Å². The summed E-state index contributed by atoms with van der Waals surface area (Å²) in [4.78, 5) is 10.8. The van der Waals surface area contributed by atoms with E-state index in [2.05, 4.69) is 4.74 Å². The maximum absolute atomic E-state index is 13.1. The van der Waals surface area contributed by atoms with Crippen molar-refractivity contribution in [2.75, 3.05) is 13.0 Å². The first kappa shape index (κ1) is 13.6. The number of methoxy groups -OCH3 is 1. The van der Waals surface area contributed by atoms with Crippen LogP contribution in [0.2, 0.25) is 0 Å². The molecule has 0 aliphatic heterocycles. The van der Waals surface area contributed by atoms with Crippen molar-refractivity contribution in [3.63, 3.8) is 0 Å². The summed E-state index contributed by atoms with van der Waals surface area (Å²) in [5.74, 6) is 2.04. The number of ether oxygens (including phenoxy) is 1. The summed E-state index contributed by atoms with van der Waals surface area (Å²) < 4.78 is 30.7. The lowest BCUT2D eigenvalue weighted by atomic mass is 10.2. The fourth-order valence-corrected chi connectivity index (χ4v) is 0.919. The first-order valence-corrected chi connectivity index (χ1v) is 3.76. The third kappa shape index (κ3) is 3.02. The molecule has 7 heteroatoms. The van der Waals surface area contributed by atoms with E-state index >= 15 is 0 Å². The molecule has 0 atom stereocenters. The number of carbonyl (C=O) groups is 1. The lowest BCUT2D eigenvalue weighted by molar-refractivity contribution is -0.671. The van der Waals surface area contributed by atoms with Crippen LogP contribution in [0.4, 0.5) is 8.78 Å². The molecule has 1 rings (SSSR count). The highest BCUT2D eigenvalue weighted by molar-refractivity contribution is 5.85. The maximum Gasteiger partial charge on any atom is 0.424 e. The van der Waals surface area contributed by atoms with Crippen molar-refractivity contribution in [2.24, 2.45) is 0 Å². The first-order chi connectivity index (χ1) is 6.56. The van der Waals surface area contributed by atoms with E-state index < -0.39 is 17.7 Å². The Bertz CT molecular complexity index is 374. The van der Waals surface area contributed by atoms with Gasteiger partial charge in [-0.05, 0) is 0 Å². The van der Waals surface area contributed by atoms with Crippen LogP contribution in [-0.2, 0) is 16.0 Å². The zero-order valence-electron chi connectivity index (χ0n) is 7.87. The van der Waals surface area contributed by atoms with Crippen molar-refractivity contribution in [1.82, 2.24) is 0 Å². The molecule has 0 unspecified atom stereocenters. The molecule has 0 aliphatic rings.